The minimum Gasteiger partial charge on any atom is -0.315 e. The zero-order chi connectivity index (χ0) is 14.3. The maximum absolute atomic E-state index is 12.8. The third-order valence-corrected chi connectivity index (χ3v) is 2.79. The second-order valence-corrected chi connectivity index (χ2v) is 4.14. The molecule has 5 nitrogen and oxygen atoms in total. The molecule has 0 fully saturated rings. The van der Waals surface area contributed by atoms with Gasteiger partial charge in [-0.15, -0.1) is 0 Å². The van der Waals surface area contributed by atoms with Crippen LogP contribution in [0, 0.1) is 0 Å². The maximum atomic E-state index is 12.8. The SMILES string of the molecule is CC1(NO)C(=O)N(c2ccccc2)N=C1C(F)(F)F. The number of hydroxylamine groups is 1. The van der Waals surface area contributed by atoms with Crippen molar-refractivity contribution in [3.63, 3.8) is 0 Å². The summed E-state index contributed by atoms with van der Waals surface area (Å²) >= 11 is 0. The van der Waals surface area contributed by atoms with Crippen LogP contribution in [0.5, 0.6) is 0 Å². The van der Waals surface area contributed by atoms with Crippen LogP contribution in [0.1, 0.15) is 6.92 Å². The average molecular weight is 273 g/mol. The number of hydrogen-bond donors (Lipinski definition) is 2. The summed E-state index contributed by atoms with van der Waals surface area (Å²) in [6.07, 6.45) is -4.83. The molecule has 0 aromatic heterocycles. The van der Waals surface area contributed by atoms with Crippen molar-refractivity contribution in [2.45, 2.75) is 18.6 Å². The van der Waals surface area contributed by atoms with Gasteiger partial charge in [0.2, 0.25) is 0 Å². The molecule has 2 N–H and O–H groups in total. The summed E-state index contributed by atoms with van der Waals surface area (Å²) in [7, 11) is 0. The lowest BCUT2D eigenvalue weighted by Gasteiger charge is -2.23. The first-order valence-corrected chi connectivity index (χ1v) is 5.28. The van der Waals surface area contributed by atoms with E-state index in [0.717, 1.165) is 6.92 Å². The number of carbonyl (C=O) groups is 1. The number of carbonyl (C=O) groups excluding carboxylic acids is 1. The molecule has 8 heteroatoms. The number of alkyl halides is 3. The third-order valence-electron chi connectivity index (χ3n) is 2.79. The zero-order valence-corrected chi connectivity index (χ0v) is 9.77. The molecular formula is C11H10F3N3O2. The van der Waals surface area contributed by atoms with E-state index in [-0.39, 0.29) is 5.69 Å². The van der Waals surface area contributed by atoms with Gasteiger partial charge in [-0.2, -0.15) is 28.8 Å². The largest absolute Gasteiger partial charge is 0.433 e. The number of benzene rings is 1. The highest BCUT2D eigenvalue weighted by Crippen LogP contribution is 2.33. The minimum atomic E-state index is -4.83. The van der Waals surface area contributed by atoms with Gasteiger partial charge in [0, 0.05) is 0 Å². The molecule has 1 aromatic carbocycles. The van der Waals surface area contributed by atoms with Crippen LogP contribution >= 0.6 is 0 Å². The van der Waals surface area contributed by atoms with Crippen molar-refractivity contribution in [3.05, 3.63) is 30.3 Å². The highest BCUT2D eigenvalue weighted by Gasteiger charge is 2.58. The first kappa shape index (κ1) is 13.5. The highest BCUT2D eigenvalue weighted by atomic mass is 19.4. The Kier molecular flexibility index (Phi) is 3.07. The van der Waals surface area contributed by atoms with Crippen LogP contribution < -0.4 is 10.5 Å². The van der Waals surface area contributed by atoms with Crippen LogP contribution in [-0.4, -0.2) is 28.5 Å². The Morgan fingerprint density at radius 1 is 1.32 bits per heavy atom. The standard InChI is InChI=1S/C11H10F3N3O2/c1-10(16-19)8(11(12,13)14)15-17(9(10)18)7-5-3-2-4-6-7/h2-6,16,19H,1H3. The molecule has 0 spiro atoms. The number of hydrazone groups is 1. The summed E-state index contributed by atoms with van der Waals surface area (Å²) in [6, 6.07) is 7.67. The van der Waals surface area contributed by atoms with Gasteiger partial charge in [0.15, 0.2) is 11.3 Å². The van der Waals surface area contributed by atoms with Crippen molar-refractivity contribution in [1.29, 1.82) is 0 Å². The molecule has 1 aliphatic heterocycles. The molecule has 1 aromatic rings. The molecule has 1 heterocycles. The minimum absolute atomic E-state index is 0.188. The fourth-order valence-corrected chi connectivity index (χ4v) is 1.74. The van der Waals surface area contributed by atoms with Crippen LogP contribution in [0.2, 0.25) is 0 Å². The lowest BCUT2D eigenvalue weighted by Crippen LogP contribution is -2.57. The van der Waals surface area contributed by atoms with Gasteiger partial charge >= 0.3 is 6.18 Å². The Morgan fingerprint density at radius 3 is 2.32 bits per heavy atom. The van der Waals surface area contributed by atoms with E-state index >= 15 is 0 Å². The molecule has 1 aliphatic rings. The Balaban J connectivity index is 2.50. The van der Waals surface area contributed by atoms with Crippen LogP contribution in [0.3, 0.4) is 0 Å². The van der Waals surface area contributed by atoms with Gasteiger partial charge in [-0.25, -0.2) is 0 Å². The normalized spacial score (nSPS) is 23.7. The Morgan fingerprint density at radius 2 is 1.89 bits per heavy atom. The number of hydrogen-bond acceptors (Lipinski definition) is 4. The second-order valence-electron chi connectivity index (χ2n) is 4.14. The van der Waals surface area contributed by atoms with E-state index in [1.54, 1.807) is 18.2 Å². The number of rotatable bonds is 2. The summed E-state index contributed by atoms with van der Waals surface area (Å²) in [5.41, 5.74) is -2.11. The molecule has 19 heavy (non-hydrogen) atoms. The van der Waals surface area contributed by atoms with Crippen molar-refractivity contribution in [2.24, 2.45) is 5.10 Å². The summed E-state index contributed by atoms with van der Waals surface area (Å²) in [5.74, 6) is -1.01. The summed E-state index contributed by atoms with van der Waals surface area (Å²) in [4.78, 5) is 12.0. The number of nitrogens with one attached hydrogen (secondary N) is 1. The van der Waals surface area contributed by atoms with E-state index in [9.17, 15) is 18.0 Å². The first-order chi connectivity index (χ1) is 8.80. The van der Waals surface area contributed by atoms with Crippen LogP contribution in [0.25, 0.3) is 0 Å². The van der Waals surface area contributed by atoms with Crippen molar-refractivity contribution >= 4 is 17.3 Å². The lowest BCUT2D eigenvalue weighted by molar-refractivity contribution is -0.126. The van der Waals surface area contributed by atoms with E-state index < -0.39 is 23.3 Å². The predicted molar refractivity (Wildman–Crippen MR) is 60.7 cm³/mol. The Hall–Kier alpha value is -1.93. The van der Waals surface area contributed by atoms with Gasteiger partial charge in [-0.1, -0.05) is 18.2 Å². The molecule has 1 amide bonds. The van der Waals surface area contributed by atoms with Gasteiger partial charge < -0.3 is 5.21 Å². The van der Waals surface area contributed by atoms with Crippen LogP contribution in [-0.2, 0) is 4.79 Å². The molecule has 2 rings (SSSR count). The Bertz CT molecular complexity index is 530. The number of halogens is 3. The summed E-state index contributed by atoms with van der Waals surface area (Å²) in [6.45, 7) is 0.921. The van der Waals surface area contributed by atoms with Gasteiger partial charge in [0.25, 0.3) is 5.91 Å². The smallest absolute Gasteiger partial charge is 0.315 e. The topological polar surface area (TPSA) is 64.9 Å². The summed E-state index contributed by atoms with van der Waals surface area (Å²) in [5, 5.41) is 12.8. The highest BCUT2D eigenvalue weighted by molar-refractivity contribution is 6.24. The molecule has 0 saturated carbocycles. The number of nitrogens with zero attached hydrogens (tertiary/aromatic N) is 2. The fraction of sp³-hybridized carbons (Fsp3) is 0.273. The predicted octanol–water partition coefficient (Wildman–Crippen LogP) is 1.69. The number of para-hydroxylation sites is 1. The van der Waals surface area contributed by atoms with Gasteiger partial charge in [0.1, 0.15) is 0 Å². The molecule has 1 unspecified atom stereocenters. The first-order valence-electron chi connectivity index (χ1n) is 5.28. The second kappa shape index (κ2) is 4.32. The van der Waals surface area contributed by atoms with Crippen molar-refractivity contribution in [1.82, 2.24) is 5.48 Å². The van der Waals surface area contributed by atoms with Crippen LogP contribution in [0.4, 0.5) is 18.9 Å². The summed E-state index contributed by atoms with van der Waals surface area (Å²) < 4.78 is 38.5. The van der Waals surface area contributed by atoms with Crippen molar-refractivity contribution in [3.8, 4) is 0 Å². The number of anilines is 1. The molecule has 0 saturated heterocycles. The van der Waals surface area contributed by atoms with E-state index in [1.807, 2.05) is 0 Å². The van der Waals surface area contributed by atoms with E-state index in [1.165, 1.54) is 17.6 Å². The van der Waals surface area contributed by atoms with Crippen molar-refractivity contribution < 1.29 is 23.2 Å². The van der Waals surface area contributed by atoms with Gasteiger partial charge in [-0.05, 0) is 19.1 Å². The molecule has 0 bridgehead atoms. The molecule has 102 valence electrons. The fourth-order valence-electron chi connectivity index (χ4n) is 1.74. The Labute approximate surface area is 106 Å². The number of amides is 1. The maximum Gasteiger partial charge on any atom is 0.433 e. The van der Waals surface area contributed by atoms with E-state index in [2.05, 4.69) is 5.10 Å². The molecule has 0 radical (unpaired) electrons. The third kappa shape index (κ3) is 2.08. The van der Waals surface area contributed by atoms with Crippen LogP contribution in [0.15, 0.2) is 35.4 Å². The zero-order valence-electron chi connectivity index (χ0n) is 9.77. The molecule has 0 aliphatic carbocycles. The monoisotopic (exact) mass is 273 g/mol. The average Bonchev–Trinajstić information content (AvgIpc) is 2.64. The molecule has 1 atom stereocenters. The van der Waals surface area contributed by atoms with E-state index in [4.69, 9.17) is 5.21 Å². The van der Waals surface area contributed by atoms with E-state index in [0.29, 0.717) is 5.01 Å². The van der Waals surface area contributed by atoms with Gasteiger partial charge in [0.05, 0.1) is 5.69 Å². The van der Waals surface area contributed by atoms with Gasteiger partial charge in [-0.3, -0.25) is 4.79 Å². The lowest BCUT2D eigenvalue weighted by atomic mass is 9.96. The van der Waals surface area contributed by atoms with Crippen molar-refractivity contribution in [2.75, 3.05) is 5.01 Å². The molecular weight excluding hydrogens is 263 g/mol. The quantitative estimate of drug-likeness (QED) is 0.806.